The number of nitrogens with zero attached hydrogens (tertiary/aromatic N) is 1. The van der Waals surface area contributed by atoms with Crippen molar-refractivity contribution in [2.45, 2.75) is 18.2 Å². The van der Waals surface area contributed by atoms with Gasteiger partial charge in [0, 0.05) is 12.5 Å². The maximum Gasteiger partial charge on any atom is 0.312 e. The number of terminal acetylenes is 1. The van der Waals surface area contributed by atoms with Crippen LogP contribution in [0.15, 0.2) is 17.0 Å². The van der Waals surface area contributed by atoms with Gasteiger partial charge < -0.3 is 4.74 Å². The van der Waals surface area contributed by atoms with Gasteiger partial charge in [0.1, 0.15) is 0 Å². The zero-order valence-corrected chi connectivity index (χ0v) is 10.9. The molecule has 0 spiro atoms. The van der Waals surface area contributed by atoms with Gasteiger partial charge in [-0.3, -0.25) is 10.1 Å². The number of hydrogen-bond acceptors (Lipinski definition) is 5. The van der Waals surface area contributed by atoms with E-state index in [4.69, 9.17) is 16.3 Å². The van der Waals surface area contributed by atoms with E-state index >= 15 is 0 Å². The summed E-state index contributed by atoms with van der Waals surface area (Å²) in [5, 5.41) is 15.9. The van der Waals surface area contributed by atoms with Gasteiger partial charge in [0.05, 0.1) is 16.4 Å². The first kappa shape index (κ1) is 14.9. The largest absolute Gasteiger partial charge is 0.486 e. The molecule has 0 heterocycles. The van der Waals surface area contributed by atoms with E-state index in [1.54, 1.807) is 0 Å². The van der Waals surface area contributed by atoms with Crippen molar-refractivity contribution in [3.8, 4) is 18.1 Å². The lowest BCUT2D eigenvalue weighted by Crippen LogP contribution is -2.14. The van der Waals surface area contributed by atoms with Crippen molar-refractivity contribution < 1.29 is 18.1 Å². The molecule has 0 fully saturated rings. The van der Waals surface area contributed by atoms with E-state index in [0.29, 0.717) is 0 Å². The fraction of sp³-hybridized carbons (Fsp3) is 0.273. The highest BCUT2D eigenvalue weighted by molar-refractivity contribution is 7.89. The molecule has 1 aromatic carbocycles. The van der Waals surface area contributed by atoms with Crippen molar-refractivity contribution in [3.63, 3.8) is 0 Å². The highest BCUT2D eigenvalue weighted by Gasteiger charge is 2.22. The number of benzene rings is 1. The van der Waals surface area contributed by atoms with Crippen molar-refractivity contribution in [2.75, 3.05) is 6.61 Å². The third-order valence-corrected chi connectivity index (χ3v) is 3.32. The minimum absolute atomic E-state index is 0.0369. The molecular weight excluding hydrogens is 272 g/mol. The van der Waals surface area contributed by atoms with Gasteiger partial charge in [-0.15, -0.1) is 12.3 Å². The summed E-state index contributed by atoms with van der Waals surface area (Å²) >= 11 is 0. The second kappa shape index (κ2) is 5.69. The first-order valence-corrected chi connectivity index (χ1v) is 6.70. The fourth-order valence-corrected chi connectivity index (χ4v) is 2.22. The Kier molecular flexibility index (Phi) is 4.47. The lowest BCUT2D eigenvalue weighted by Gasteiger charge is -2.09. The average molecular weight is 284 g/mol. The molecule has 0 atom stereocenters. The maximum absolute atomic E-state index is 11.3. The second-order valence-electron chi connectivity index (χ2n) is 3.69. The second-order valence-corrected chi connectivity index (χ2v) is 5.22. The van der Waals surface area contributed by atoms with Crippen LogP contribution < -0.4 is 9.88 Å². The van der Waals surface area contributed by atoms with E-state index in [9.17, 15) is 18.5 Å². The number of nitro benzene ring substituents is 1. The molecule has 19 heavy (non-hydrogen) atoms. The smallest absolute Gasteiger partial charge is 0.312 e. The molecule has 0 aliphatic carbocycles. The van der Waals surface area contributed by atoms with Gasteiger partial charge in [-0.2, -0.15) is 0 Å². The Morgan fingerprint density at radius 1 is 1.53 bits per heavy atom. The van der Waals surface area contributed by atoms with E-state index in [2.05, 4.69) is 5.92 Å². The van der Waals surface area contributed by atoms with Gasteiger partial charge in [-0.1, -0.05) is 0 Å². The molecule has 1 aromatic rings. The molecular formula is C11H12N2O5S. The SMILES string of the molecule is C#CCCOc1cc(C)c(S(N)(=O)=O)cc1[N+](=O)[O-]. The van der Waals surface area contributed by atoms with E-state index in [1.165, 1.54) is 13.0 Å². The number of nitrogens with two attached hydrogens (primary N) is 1. The summed E-state index contributed by atoms with van der Waals surface area (Å²) in [4.78, 5) is 9.86. The summed E-state index contributed by atoms with van der Waals surface area (Å²) in [6, 6.07) is 2.14. The Morgan fingerprint density at radius 3 is 2.63 bits per heavy atom. The van der Waals surface area contributed by atoms with Crippen molar-refractivity contribution in [1.82, 2.24) is 0 Å². The van der Waals surface area contributed by atoms with Crippen LogP contribution in [0.25, 0.3) is 0 Å². The topological polar surface area (TPSA) is 113 Å². The predicted molar refractivity (Wildman–Crippen MR) is 68.2 cm³/mol. The standard InChI is InChI=1S/C11H12N2O5S/c1-3-4-5-18-10-6-8(2)11(19(12,16)17)7-9(10)13(14)15/h1,6-7H,4-5H2,2H3,(H2,12,16,17). The lowest BCUT2D eigenvalue weighted by atomic mass is 10.2. The van der Waals surface area contributed by atoms with Crippen LogP contribution in [0.1, 0.15) is 12.0 Å². The Bertz CT molecular complexity index is 646. The molecule has 102 valence electrons. The summed E-state index contributed by atoms with van der Waals surface area (Å²) in [7, 11) is -4.02. The molecule has 0 amide bonds. The number of ether oxygens (including phenoxy) is 1. The van der Waals surface area contributed by atoms with Gasteiger partial charge in [0.25, 0.3) is 0 Å². The van der Waals surface area contributed by atoms with Crippen LogP contribution in [0.2, 0.25) is 0 Å². The Morgan fingerprint density at radius 2 is 2.16 bits per heavy atom. The van der Waals surface area contributed by atoms with Crippen LogP contribution in [-0.2, 0) is 10.0 Å². The number of nitro groups is 1. The van der Waals surface area contributed by atoms with Crippen LogP contribution in [0.3, 0.4) is 0 Å². The highest BCUT2D eigenvalue weighted by atomic mass is 32.2. The Balaban J connectivity index is 3.31. The van der Waals surface area contributed by atoms with Gasteiger partial charge in [0.15, 0.2) is 5.75 Å². The van der Waals surface area contributed by atoms with Crippen LogP contribution in [-0.4, -0.2) is 19.9 Å². The van der Waals surface area contributed by atoms with Crippen molar-refractivity contribution in [1.29, 1.82) is 0 Å². The first-order chi connectivity index (χ1) is 8.77. The monoisotopic (exact) mass is 284 g/mol. The molecule has 7 nitrogen and oxygen atoms in total. The summed E-state index contributed by atoms with van der Waals surface area (Å²) in [5.74, 6) is 2.29. The fourth-order valence-electron chi connectivity index (χ4n) is 1.44. The third kappa shape index (κ3) is 3.67. The van der Waals surface area contributed by atoms with Crippen LogP contribution in [0.4, 0.5) is 5.69 Å². The number of primary sulfonamides is 1. The van der Waals surface area contributed by atoms with Crippen LogP contribution in [0, 0.1) is 29.4 Å². The molecule has 0 unspecified atom stereocenters. The molecule has 0 saturated heterocycles. The molecule has 0 aliphatic heterocycles. The van der Waals surface area contributed by atoms with Gasteiger partial charge in [-0.25, -0.2) is 13.6 Å². The van der Waals surface area contributed by atoms with Crippen LogP contribution in [0.5, 0.6) is 5.75 Å². The number of sulfonamides is 1. The Labute approximate surface area is 110 Å². The molecule has 0 radical (unpaired) electrons. The summed E-state index contributed by atoms with van der Waals surface area (Å²) in [6.07, 6.45) is 5.33. The summed E-state index contributed by atoms with van der Waals surface area (Å²) < 4.78 is 27.7. The average Bonchev–Trinajstić information content (AvgIpc) is 2.27. The third-order valence-electron chi connectivity index (χ3n) is 2.26. The van der Waals surface area contributed by atoms with Crippen molar-refractivity contribution in [2.24, 2.45) is 5.14 Å². The highest BCUT2D eigenvalue weighted by Crippen LogP contribution is 2.32. The molecule has 0 bridgehead atoms. The molecule has 8 heteroatoms. The van der Waals surface area contributed by atoms with Crippen molar-refractivity contribution in [3.05, 3.63) is 27.8 Å². The Hall–Kier alpha value is -2.11. The van der Waals surface area contributed by atoms with Crippen molar-refractivity contribution >= 4 is 15.7 Å². The minimum Gasteiger partial charge on any atom is -0.486 e. The molecule has 0 saturated carbocycles. The van der Waals surface area contributed by atoms with E-state index in [0.717, 1.165) is 6.07 Å². The van der Waals surface area contributed by atoms with E-state index in [-0.39, 0.29) is 29.2 Å². The maximum atomic E-state index is 11.3. The zero-order chi connectivity index (χ0) is 14.6. The van der Waals surface area contributed by atoms with E-state index < -0.39 is 20.6 Å². The summed E-state index contributed by atoms with van der Waals surface area (Å²) in [6.45, 7) is 1.57. The van der Waals surface area contributed by atoms with Crippen LogP contribution >= 0.6 is 0 Å². The molecule has 1 rings (SSSR count). The van der Waals surface area contributed by atoms with E-state index in [1.807, 2.05) is 0 Å². The minimum atomic E-state index is -4.02. The van der Waals surface area contributed by atoms with Gasteiger partial charge in [-0.05, 0) is 18.6 Å². The first-order valence-electron chi connectivity index (χ1n) is 5.15. The quantitative estimate of drug-likeness (QED) is 0.374. The van der Waals surface area contributed by atoms with Gasteiger partial charge in [0.2, 0.25) is 10.0 Å². The molecule has 2 N–H and O–H groups in total. The normalized spacial score (nSPS) is 10.8. The molecule has 0 aromatic heterocycles. The van der Waals surface area contributed by atoms with Gasteiger partial charge >= 0.3 is 5.69 Å². The summed E-state index contributed by atoms with van der Waals surface area (Å²) in [5.41, 5.74) is -0.199. The molecule has 0 aliphatic rings. The zero-order valence-electron chi connectivity index (χ0n) is 10.1. The lowest BCUT2D eigenvalue weighted by molar-refractivity contribution is -0.386. The number of hydrogen-bond donors (Lipinski definition) is 1. The predicted octanol–water partition coefficient (Wildman–Crippen LogP) is 0.953. The number of aryl methyl sites for hydroxylation is 1. The number of rotatable bonds is 5.